The number of aromatic carboxylic acids is 1. The van der Waals surface area contributed by atoms with Gasteiger partial charge in [-0.25, -0.2) is 18.4 Å². The summed E-state index contributed by atoms with van der Waals surface area (Å²) in [6, 6.07) is 4.37. The van der Waals surface area contributed by atoms with Gasteiger partial charge < -0.3 is 10.0 Å². The van der Waals surface area contributed by atoms with E-state index in [2.05, 4.69) is 0 Å². The molecule has 1 aliphatic heterocycles. The Hall–Kier alpha value is -1.93. The van der Waals surface area contributed by atoms with Crippen molar-refractivity contribution in [1.29, 1.82) is 0 Å². The van der Waals surface area contributed by atoms with Gasteiger partial charge in [0.05, 0.1) is 5.56 Å². The van der Waals surface area contributed by atoms with Crippen LogP contribution < -0.4 is 10.0 Å². The highest BCUT2D eigenvalue weighted by molar-refractivity contribution is 7.89. The second-order valence-corrected chi connectivity index (χ2v) is 6.57. The van der Waals surface area contributed by atoms with Gasteiger partial charge in [0.2, 0.25) is 15.9 Å². The minimum Gasteiger partial charge on any atom is -0.478 e. The van der Waals surface area contributed by atoms with Gasteiger partial charge in [0.25, 0.3) is 0 Å². The molecule has 1 amide bonds. The monoisotopic (exact) mass is 298 g/mol. The van der Waals surface area contributed by atoms with Crippen LogP contribution in [0.15, 0.2) is 18.2 Å². The molecule has 3 N–H and O–H groups in total. The van der Waals surface area contributed by atoms with Crippen LogP contribution in [0.1, 0.15) is 22.3 Å². The molecule has 1 unspecified atom stereocenters. The summed E-state index contributed by atoms with van der Waals surface area (Å²) in [5.74, 6) is -1.49. The predicted octanol–water partition coefficient (Wildman–Crippen LogP) is 0.0870. The van der Waals surface area contributed by atoms with E-state index in [1.54, 1.807) is 13.0 Å². The number of nitrogens with zero attached hydrogens (tertiary/aromatic N) is 1. The third kappa shape index (κ3) is 2.66. The molecule has 1 fully saturated rings. The minimum atomic E-state index is -3.79. The van der Waals surface area contributed by atoms with Crippen molar-refractivity contribution >= 4 is 27.6 Å². The molecule has 0 saturated carbocycles. The van der Waals surface area contributed by atoms with E-state index in [1.807, 2.05) is 0 Å². The van der Waals surface area contributed by atoms with Crippen LogP contribution in [0.2, 0.25) is 0 Å². The van der Waals surface area contributed by atoms with E-state index in [-0.39, 0.29) is 24.4 Å². The van der Waals surface area contributed by atoms with Crippen LogP contribution in [0, 0.1) is 6.92 Å². The third-order valence-electron chi connectivity index (χ3n) is 3.30. The zero-order valence-corrected chi connectivity index (χ0v) is 11.6. The molecule has 0 bridgehead atoms. The van der Waals surface area contributed by atoms with Crippen LogP contribution in [0.5, 0.6) is 0 Å². The number of primary sulfonamides is 1. The Morgan fingerprint density at radius 2 is 2.10 bits per heavy atom. The predicted molar refractivity (Wildman–Crippen MR) is 72.0 cm³/mol. The Labute approximate surface area is 116 Å². The molecule has 1 aliphatic rings. The molecule has 1 saturated heterocycles. The summed E-state index contributed by atoms with van der Waals surface area (Å²) in [7, 11) is -3.79. The molecule has 1 aromatic rings. The van der Waals surface area contributed by atoms with Gasteiger partial charge in [0.15, 0.2) is 0 Å². The smallest absolute Gasteiger partial charge is 0.335 e. The van der Waals surface area contributed by atoms with Crippen molar-refractivity contribution in [3.05, 3.63) is 29.3 Å². The number of sulfonamides is 1. The summed E-state index contributed by atoms with van der Waals surface area (Å²) in [6.07, 6.45) is -0.185. The first-order valence-electron chi connectivity index (χ1n) is 5.86. The molecule has 108 valence electrons. The summed E-state index contributed by atoms with van der Waals surface area (Å²) in [6.45, 7) is 1.67. The second-order valence-electron chi connectivity index (χ2n) is 4.73. The fourth-order valence-electron chi connectivity index (χ4n) is 2.16. The molecule has 1 heterocycles. The van der Waals surface area contributed by atoms with Crippen molar-refractivity contribution in [3.8, 4) is 0 Å². The van der Waals surface area contributed by atoms with Crippen molar-refractivity contribution < 1.29 is 23.1 Å². The number of benzene rings is 1. The van der Waals surface area contributed by atoms with Crippen LogP contribution >= 0.6 is 0 Å². The van der Waals surface area contributed by atoms with Gasteiger partial charge in [-0.15, -0.1) is 0 Å². The van der Waals surface area contributed by atoms with Crippen LogP contribution in [-0.2, 0) is 14.8 Å². The van der Waals surface area contributed by atoms with Crippen molar-refractivity contribution in [2.24, 2.45) is 5.14 Å². The molecule has 2 rings (SSSR count). The number of nitrogens with two attached hydrogens (primary N) is 1. The molecule has 0 radical (unpaired) electrons. The number of aryl methyl sites for hydroxylation is 1. The zero-order valence-electron chi connectivity index (χ0n) is 10.7. The van der Waals surface area contributed by atoms with Gasteiger partial charge in [-0.2, -0.15) is 0 Å². The topological polar surface area (TPSA) is 118 Å². The lowest BCUT2D eigenvalue weighted by molar-refractivity contribution is -0.117. The number of hydrogen-bond donors (Lipinski definition) is 2. The van der Waals surface area contributed by atoms with E-state index in [9.17, 15) is 18.0 Å². The Balaban J connectivity index is 2.40. The number of amides is 1. The molecule has 1 aromatic carbocycles. The lowest BCUT2D eigenvalue weighted by Crippen LogP contribution is -2.32. The quantitative estimate of drug-likeness (QED) is 0.819. The lowest BCUT2D eigenvalue weighted by atomic mass is 10.1. The molecular formula is C12H14N2O5S. The fraction of sp³-hybridized carbons (Fsp3) is 0.333. The first kappa shape index (κ1) is 14.5. The van der Waals surface area contributed by atoms with Crippen LogP contribution in [0.25, 0.3) is 0 Å². The summed E-state index contributed by atoms with van der Waals surface area (Å²) in [5.41, 5.74) is 1.14. The van der Waals surface area contributed by atoms with E-state index in [4.69, 9.17) is 10.2 Å². The largest absolute Gasteiger partial charge is 0.478 e. The first-order chi connectivity index (χ1) is 9.20. The Bertz CT molecular complexity index is 683. The highest BCUT2D eigenvalue weighted by Gasteiger charge is 2.37. The van der Waals surface area contributed by atoms with Gasteiger partial charge in [0.1, 0.15) is 5.25 Å². The van der Waals surface area contributed by atoms with Crippen LogP contribution in [-0.4, -0.2) is 37.2 Å². The molecular weight excluding hydrogens is 284 g/mol. The van der Waals surface area contributed by atoms with Crippen LogP contribution in [0.3, 0.4) is 0 Å². The maximum absolute atomic E-state index is 11.9. The highest BCUT2D eigenvalue weighted by atomic mass is 32.2. The molecule has 0 aromatic heterocycles. The average molecular weight is 298 g/mol. The molecule has 0 aliphatic carbocycles. The number of hydrogen-bond acceptors (Lipinski definition) is 4. The van der Waals surface area contributed by atoms with Gasteiger partial charge in [-0.1, -0.05) is 6.07 Å². The van der Waals surface area contributed by atoms with Gasteiger partial charge in [-0.3, -0.25) is 4.79 Å². The van der Waals surface area contributed by atoms with Crippen molar-refractivity contribution in [3.63, 3.8) is 0 Å². The third-order valence-corrected chi connectivity index (χ3v) is 4.55. The number of carbonyl (C=O) groups is 2. The molecule has 1 atom stereocenters. The number of carbonyl (C=O) groups excluding carboxylic acids is 1. The number of carboxylic acid groups (broad SMARTS) is 1. The Kier molecular flexibility index (Phi) is 3.53. The highest BCUT2D eigenvalue weighted by Crippen LogP contribution is 2.28. The summed E-state index contributed by atoms with van der Waals surface area (Å²) < 4.78 is 22.6. The zero-order chi connectivity index (χ0) is 15.1. The maximum atomic E-state index is 11.9. The van der Waals surface area contributed by atoms with Gasteiger partial charge in [0, 0.05) is 18.7 Å². The van der Waals surface area contributed by atoms with Crippen molar-refractivity contribution in [2.45, 2.75) is 18.6 Å². The van der Waals surface area contributed by atoms with E-state index < -0.39 is 21.2 Å². The van der Waals surface area contributed by atoms with Gasteiger partial charge in [-0.05, 0) is 24.6 Å². The average Bonchev–Trinajstić information content (AvgIpc) is 2.71. The van der Waals surface area contributed by atoms with E-state index in [1.165, 1.54) is 17.0 Å². The van der Waals surface area contributed by atoms with Crippen molar-refractivity contribution in [2.75, 3.05) is 11.4 Å². The van der Waals surface area contributed by atoms with Crippen LogP contribution in [0.4, 0.5) is 5.69 Å². The fourth-order valence-corrected chi connectivity index (χ4v) is 2.89. The standard InChI is InChI=1S/C12H14N2O5S/c1-7-2-3-8(12(16)17)4-10(7)14-6-9(5-11(14)15)20(13,18)19/h2-4,9H,5-6H2,1H3,(H,16,17)(H2,13,18,19). The summed E-state index contributed by atoms with van der Waals surface area (Å²) in [4.78, 5) is 24.2. The first-order valence-corrected chi connectivity index (χ1v) is 7.47. The summed E-state index contributed by atoms with van der Waals surface area (Å²) >= 11 is 0. The van der Waals surface area contributed by atoms with Gasteiger partial charge >= 0.3 is 5.97 Å². The van der Waals surface area contributed by atoms with Crippen molar-refractivity contribution in [1.82, 2.24) is 0 Å². The van der Waals surface area contributed by atoms with E-state index >= 15 is 0 Å². The number of carboxylic acids is 1. The molecule has 8 heteroatoms. The molecule has 20 heavy (non-hydrogen) atoms. The normalized spacial score (nSPS) is 19.4. The number of rotatable bonds is 3. The summed E-state index contributed by atoms with van der Waals surface area (Å²) in [5, 5.41) is 13.1. The minimum absolute atomic E-state index is 0.0393. The molecule has 7 nitrogen and oxygen atoms in total. The SMILES string of the molecule is Cc1ccc(C(=O)O)cc1N1CC(S(N)(=O)=O)CC1=O. The number of anilines is 1. The maximum Gasteiger partial charge on any atom is 0.335 e. The Morgan fingerprint density at radius 3 is 2.60 bits per heavy atom. The Morgan fingerprint density at radius 1 is 1.45 bits per heavy atom. The second kappa shape index (κ2) is 4.88. The molecule has 0 spiro atoms. The van der Waals surface area contributed by atoms with E-state index in [0.29, 0.717) is 11.3 Å². The lowest BCUT2D eigenvalue weighted by Gasteiger charge is -2.19. The van der Waals surface area contributed by atoms with E-state index in [0.717, 1.165) is 0 Å².